The standard InChI is InChI=1S/C24H23BrN2O3S/c1-17-9-11-19(12-10-17)27-23(28)16-31-22-8-3-2-7-21(22)24(29)26-13-14-30-20-6-4-5-18(25)15-20/h2-12,15H,13-14,16H2,1H3,(H,26,29)(H,27,28). The van der Waals surface area contributed by atoms with Crippen LogP contribution >= 0.6 is 27.7 Å². The van der Waals surface area contributed by atoms with Crippen molar-refractivity contribution in [1.29, 1.82) is 0 Å². The maximum absolute atomic E-state index is 12.6. The van der Waals surface area contributed by atoms with Crippen LogP contribution in [0.5, 0.6) is 5.75 Å². The van der Waals surface area contributed by atoms with Gasteiger partial charge in [0.1, 0.15) is 12.4 Å². The third kappa shape index (κ3) is 7.45. The molecular formula is C24H23BrN2O3S. The smallest absolute Gasteiger partial charge is 0.252 e. The molecule has 0 radical (unpaired) electrons. The van der Waals surface area contributed by atoms with Gasteiger partial charge in [-0.15, -0.1) is 11.8 Å². The average molecular weight is 499 g/mol. The van der Waals surface area contributed by atoms with Crippen molar-refractivity contribution in [2.45, 2.75) is 11.8 Å². The van der Waals surface area contributed by atoms with Crippen LogP contribution in [0.15, 0.2) is 82.2 Å². The first-order valence-electron chi connectivity index (χ1n) is 9.76. The molecule has 0 heterocycles. The number of hydrogen-bond acceptors (Lipinski definition) is 4. The van der Waals surface area contributed by atoms with E-state index in [-0.39, 0.29) is 17.6 Å². The first kappa shape index (κ1) is 22.9. The number of aryl methyl sites for hydroxylation is 1. The van der Waals surface area contributed by atoms with E-state index >= 15 is 0 Å². The summed E-state index contributed by atoms with van der Waals surface area (Å²) in [5.41, 5.74) is 2.43. The quantitative estimate of drug-likeness (QED) is 0.310. The van der Waals surface area contributed by atoms with E-state index in [1.165, 1.54) is 11.8 Å². The van der Waals surface area contributed by atoms with E-state index in [4.69, 9.17) is 4.74 Å². The van der Waals surface area contributed by atoms with E-state index in [2.05, 4.69) is 26.6 Å². The Morgan fingerprint density at radius 2 is 1.77 bits per heavy atom. The lowest BCUT2D eigenvalue weighted by Gasteiger charge is -2.11. The van der Waals surface area contributed by atoms with Gasteiger partial charge in [0, 0.05) is 15.1 Å². The number of ether oxygens (including phenoxy) is 1. The topological polar surface area (TPSA) is 67.4 Å². The van der Waals surface area contributed by atoms with Crippen LogP contribution in [-0.4, -0.2) is 30.7 Å². The summed E-state index contributed by atoms with van der Waals surface area (Å²) in [4.78, 5) is 25.6. The lowest BCUT2D eigenvalue weighted by Crippen LogP contribution is -2.28. The van der Waals surface area contributed by atoms with Gasteiger partial charge in [0.05, 0.1) is 17.9 Å². The van der Waals surface area contributed by atoms with Gasteiger partial charge in [-0.05, 0) is 49.4 Å². The van der Waals surface area contributed by atoms with Crippen LogP contribution in [0.3, 0.4) is 0 Å². The molecule has 0 aliphatic carbocycles. The maximum Gasteiger partial charge on any atom is 0.252 e. The minimum absolute atomic E-state index is 0.119. The highest BCUT2D eigenvalue weighted by Gasteiger charge is 2.13. The highest BCUT2D eigenvalue weighted by Crippen LogP contribution is 2.23. The summed E-state index contributed by atoms with van der Waals surface area (Å²) in [7, 11) is 0. The zero-order valence-electron chi connectivity index (χ0n) is 17.1. The largest absolute Gasteiger partial charge is 0.492 e. The number of thioether (sulfide) groups is 1. The van der Waals surface area contributed by atoms with E-state index in [0.717, 1.165) is 26.4 Å². The molecule has 0 unspecified atom stereocenters. The van der Waals surface area contributed by atoms with Crippen molar-refractivity contribution < 1.29 is 14.3 Å². The predicted octanol–water partition coefficient (Wildman–Crippen LogP) is 5.30. The second-order valence-electron chi connectivity index (χ2n) is 6.76. The second-order valence-corrected chi connectivity index (χ2v) is 8.69. The Bertz CT molecular complexity index is 1040. The van der Waals surface area contributed by atoms with Gasteiger partial charge < -0.3 is 15.4 Å². The van der Waals surface area contributed by atoms with Crippen LogP contribution < -0.4 is 15.4 Å². The minimum Gasteiger partial charge on any atom is -0.492 e. The van der Waals surface area contributed by atoms with Crippen molar-refractivity contribution in [3.8, 4) is 5.75 Å². The molecule has 0 aliphatic rings. The molecule has 0 saturated carbocycles. The van der Waals surface area contributed by atoms with E-state index in [1.54, 1.807) is 6.07 Å². The monoisotopic (exact) mass is 498 g/mol. The second kappa shape index (κ2) is 11.6. The van der Waals surface area contributed by atoms with Gasteiger partial charge in [0.2, 0.25) is 5.91 Å². The fraction of sp³-hybridized carbons (Fsp3) is 0.167. The summed E-state index contributed by atoms with van der Waals surface area (Å²) >= 11 is 4.73. The van der Waals surface area contributed by atoms with Crippen LogP contribution in [0, 0.1) is 6.92 Å². The molecule has 0 saturated heterocycles. The maximum atomic E-state index is 12.6. The fourth-order valence-electron chi connectivity index (χ4n) is 2.74. The van der Waals surface area contributed by atoms with E-state index in [0.29, 0.717) is 18.7 Å². The molecule has 2 N–H and O–H groups in total. The number of amides is 2. The Hall–Kier alpha value is -2.77. The fourth-order valence-corrected chi connectivity index (χ4v) is 3.97. The number of anilines is 1. The zero-order valence-corrected chi connectivity index (χ0v) is 19.5. The third-order valence-electron chi connectivity index (χ3n) is 4.28. The predicted molar refractivity (Wildman–Crippen MR) is 129 cm³/mol. The zero-order chi connectivity index (χ0) is 22.1. The van der Waals surface area contributed by atoms with Gasteiger partial charge in [-0.25, -0.2) is 0 Å². The summed E-state index contributed by atoms with van der Waals surface area (Å²) in [5, 5.41) is 5.74. The molecule has 0 bridgehead atoms. The van der Waals surface area contributed by atoms with Gasteiger partial charge in [-0.1, -0.05) is 51.8 Å². The molecule has 3 rings (SSSR count). The van der Waals surface area contributed by atoms with Crippen molar-refractivity contribution in [2.75, 3.05) is 24.2 Å². The van der Waals surface area contributed by atoms with Crippen LogP contribution in [-0.2, 0) is 4.79 Å². The highest BCUT2D eigenvalue weighted by atomic mass is 79.9. The van der Waals surface area contributed by atoms with E-state index < -0.39 is 0 Å². The molecule has 2 amide bonds. The molecule has 0 aliphatic heterocycles. The minimum atomic E-state index is -0.195. The van der Waals surface area contributed by atoms with Gasteiger partial charge >= 0.3 is 0 Å². The molecular weight excluding hydrogens is 476 g/mol. The molecule has 0 fully saturated rings. The molecule has 7 heteroatoms. The summed E-state index contributed by atoms with van der Waals surface area (Å²) in [6, 6.07) is 22.4. The van der Waals surface area contributed by atoms with Gasteiger partial charge in [0.25, 0.3) is 5.91 Å². The van der Waals surface area contributed by atoms with E-state index in [9.17, 15) is 9.59 Å². The summed E-state index contributed by atoms with van der Waals surface area (Å²) in [6.45, 7) is 2.73. The molecule has 31 heavy (non-hydrogen) atoms. The Labute approximate surface area is 194 Å². The molecule has 0 atom stereocenters. The molecule has 160 valence electrons. The number of carbonyl (C=O) groups is 2. The molecule has 0 spiro atoms. The van der Waals surface area contributed by atoms with Crippen LogP contribution in [0.1, 0.15) is 15.9 Å². The SMILES string of the molecule is Cc1ccc(NC(=O)CSc2ccccc2C(=O)NCCOc2cccc(Br)c2)cc1. The van der Waals surface area contributed by atoms with Crippen LogP contribution in [0.4, 0.5) is 5.69 Å². The van der Waals surface area contributed by atoms with Crippen molar-refractivity contribution in [2.24, 2.45) is 0 Å². The van der Waals surface area contributed by atoms with Crippen molar-refractivity contribution >= 4 is 45.2 Å². The number of nitrogens with one attached hydrogen (secondary N) is 2. The van der Waals surface area contributed by atoms with E-state index in [1.807, 2.05) is 73.7 Å². The number of rotatable bonds is 9. The molecule has 3 aromatic carbocycles. The normalized spacial score (nSPS) is 10.4. The molecule has 3 aromatic rings. The Kier molecular flexibility index (Phi) is 8.55. The lowest BCUT2D eigenvalue weighted by molar-refractivity contribution is -0.113. The number of halogens is 1. The Morgan fingerprint density at radius 3 is 2.55 bits per heavy atom. The first-order valence-corrected chi connectivity index (χ1v) is 11.5. The van der Waals surface area contributed by atoms with Gasteiger partial charge in [-0.2, -0.15) is 0 Å². The number of benzene rings is 3. The van der Waals surface area contributed by atoms with Crippen LogP contribution in [0.2, 0.25) is 0 Å². The first-order chi connectivity index (χ1) is 15.0. The van der Waals surface area contributed by atoms with Gasteiger partial charge in [-0.3, -0.25) is 9.59 Å². The van der Waals surface area contributed by atoms with Crippen molar-refractivity contribution in [3.05, 3.63) is 88.4 Å². The Morgan fingerprint density at radius 1 is 1.00 bits per heavy atom. The van der Waals surface area contributed by atoms with Crippen LogP contribution in [0.25, 0.3) is 0 Å². The highest BCUT2D eigenvalue weighted by molar-refractivity contribution is 9.10. The Balaban J connectivity index is 1.48. The summed E-state index contributed by atoms with van der Waals surface area (Å²) in [6.07, 6.45) is 0. The van der Waals surface area contributed by atoms with Gasteiger partial charge in [0.15, 0.2) is 0 Å². The molecule has 0 aromatic heterocycles. The molecule has 5 nitrogen and oxygen atoms in total. The average Bonchev–Trinajstić information content (AvgIpc) is 2.77. The number of hydrogen-bond donors (Lipinski definition) is 2. The lowest BCUT2D eigenvalue weighted by atomic mass is 10.2. The summed E-state index contributed by atoms with van der Waals surface area (Å²) < 4.78 is 6.58. The number of carbonyl (C=O) groups excluding carboxylic acids is 2. The third-order valence-corrected chi connectivity index (χ3v) is 5.84. The summed E-state index contributed by atoms with van der Waals surface area (Å²) in [5.74, 6) is 0.634. The van der Waals surface area contributed by atoms with Crippen molar-refractivity contribution in [1.82, 2.24) is 5.32 Å². The van der Waals surface area contributed by atoms with Crippen molar-refractivity contribution in [3.63, 3.8) is 0 Å².